The van der Waals surface area contributed by atoms with E-state index in [1.807, 2.05) is 0 Å². The summed E-state index contributed by atoms with van der Waals surface area (Å²) in [5.41, 5.74) is 0.858. The van der Waals surface area contributed by atoms with Gasteiger partial charge >= 0.3 is 0 Å². The summed E-state index contributed by atoms with van der Waals surface area (Å²) in [7, 11) is 0. The van der Waals surface area contributed by atoms with E-state index in [9.17, 15) is 13.6 Å². The molecule has 2 aromatic rings. The van der Waals surface area contributed by atoms with Crippen molar-refractivity contribution in [2.75, 3.05) is 13.2 Å². The Morgan fingerprint density at radius 3 is 2.71 bits per heavy atom. The first-order chi connectivity index (χ1) is 14.7. The van der Waals surface area contributed by atoms with Crippen LogP contribution in [0.25, 0.3) is 0 Å². The zero-order valence-corrected chi connectivity index (χ0v) is 18.9. The highest BCUT2D eigenvalue weighted by Crippen LogP contribution is 2.50. The maximum atomic E-state index is 13.3. The quantitative estimate of drug-likeness (QED) is 0.370. The summed E-state index contributed by atoms with van der Waals surface area (Å²) in [4.78, 5) is 16.7. The van der Waals surface area contributed by atoms with E-state index in [0.717, 1.165) is 12.1 Å². The zero-order valence-electron chi connectivity index (χ0n) is 17.4. The van der Waals surface area contributed by atoms with Crippen LogP contribution in [-0.2, 0) is 4.79 Å². The van der Waals surface area contributed by atoms with Crippen LogP contribution >= 0.6 is 23.2 Å². The number of hydrogen-bond acceptors (Lipinski definition) is 4. The average Bonchev–Trinajstić information content (AvgIpc) is 3.52. The van der Waals surface area contributed by atoms with Gasteiger partial charge in [-0.2, -0.15) is 0 Å². The van der Waals surface area contributed by atoms with Gasteiger partial charge in [0.05, 0.1) is 11.2 Å². The molecule has 1 aromatic heterocycles. The minimum atomic E-state index is -2.85. The van der Waals surface area contributed by atoms with Crippen molar-refractivity contribution in [2.45, 2.75) is 45.0 Å². The van der Waals surface area contributed by atoms with Gasteiger partial charge < -0.3 is 9.47 Å². The minimum absolute atomic E-state index is 0.00398. The number of ether oxygens (including phenoxy) is 2. The molecule has 1 aromatic carbocycles. The lowest BCUT2D eigenvalue weighted by molar-refractivity contribution is -0.121. The van der Waals surface area contributed by atoms with Crippen LogP contribution < -0.4 is 9.47 Å². The van der Waals surface area contributed by atoms with Crippen molar-refractivity contribution in [3.05, 3.63) is 52.3 Å². The van der Waals surface area contributed by atoms with Crippen LogP contribution in [0.2, 0.25) is 10.0 Å². The normalized spacial score (nSPS) is 19.0. The number of pyridine rings is 1. The van der Waals surface area contributed by atoms with Gasteiger partial charge in [-0.1, -0.05) is 43.1 Å². The minimum Gasteiger partial charge on any atom is -0.486 e. The van der Waals surface area contributed by atoms with E-state index in [0.29, 0.717) is 33.9 Å². The molecule has 0 bridgehead atoms. The molecule has 1 aliphatic carbocycles. The Kier molecular flexibility index (Phi) is 7.76. The van der Waals surface area contributed by atoms with Crippen LogP contribution in [0.15, 0.2) is 36.5 Å². The van der Waals surface area contributed by atoms with E-state index >= 15 is 0 Å². The van der Waals surface area contributed by atoms with Crippen molar-refractivity contribution >= 4 is 29.0 Å². The molecule has 1 heterocycles. The molecule has 1 fully saturated rings. The lowest BCUT2D eigenvalue weighted by Crippen LogP contribution is -2.24. The topological polar surface area (TPSA) is 48.4 Å². The van der Waals surface area contributed by atoms with E-state index in [2.05, 4.69) is 11.9 Å². The Morgan fingerprint density at radius 1 is 1.26 bits per heavy atom. The number of hydrogen-bond donors (Lipinski definition) is 0. The highest BCUT2D eigenvalue weighted by atomic mass is 35.5. The fourth-order valence-corrected chi connectivity index (χ4v) is 3.83. The Bertz CT molecular complexity index is 908. The average molecular weight is 472 g/mol. The fraction of sp³-hybridized carbons (Fsp3) is 0.478. The van der Waals surface area contributed by atoms with Crippen molar-refractivity contribution in [1.82, 2.24) is 4.98 Å². The van der Waals surface area contributed by atoms with Crippen molar-refractivity contribution in [3.8, 4) is 11.5 Å². The van der Waals surface area contributed by atoms with Crippen LogP contribution in [0, 0.1) is 11.8 Å². The maximum absolute atomic E-state index is 13.3. The molecular weight excluding hydrogens is 447 g/mol. The molecule has 3 atom stereocenters. The number of benzene rings is 1. The third-order valence-electron chi connectivity index (χ3n) is 5.61. The first-order valence-corrected chi connectivity index (χ1v) is 11.0. The Labute approximate surface area is 190 Å². The molecule has 168 valence electrons. The second kappa shape index (κ2) is 10.1. The second-order valence-electron chi connectivity index (χ2n) is 7.95. The SMILES string of the molecule is CCC(F)(F)COc1ccc(C(C)C2CC2CC(=O)COc2cccc(Cl)c2Cl)nc1. The number of carbonyl (C=O) groups excluding carboxylic acids is 1. The van der Waals surface area contributed by atoms with Crippen LogP contribution in [0.3, 0.4) is 0 Å². The van der Waals surface area contributed by atoms with E-state index in [-0.39, 0.29) is 30.6 Å². The first-order valence-electron chi connectivity index (χ1n) is 10.2. The number of alkyl halides is 2. The molecule has 3 unspecified atom stereocenters. The Balaban J connectivity index is 1.45. The molecule has 0 amide bonds. The van der Waals surface area contributed by atoms with E-state index in [1.165, 1.54) is 13.1 Å². The standard InChI is InChI=1S/C23H25Cl2F2NO3/c1-3-23(26,27)13-31-17-7-8-20(28-11-17)14(2)18-10-15(18)9-16(29)12-30-21-6-4-5-19(24)22(21)25/h4-8,11,14-15,18H,3,9-10,12-13H2,1-2H3. The van der Waals surface area contributed by atoms with Gasteiger partial charge in [0.15, 0.2) is 12.4 Å². The summed E-state index contributed by atoms with van der Waals surface area (Å²) in [6.07, 6.45) is 2.57. The van der Waals surface area contributed by atoms with Gasteiger partial charge in [0.1, 0.15) is 23.1 Å². The second-order valence-corrected chi connectivity index (χ2v) is 8.73. The summed E-state index contributed by atoms with van der Waals surface area (Å²) < 4.78 is 37.3. The van der Waals surface area contributed by atoms with E-state index in [1.54, 1.807) is 30.3 Å². The lowest BCUT2D eigenvalue weighted by Gasteiger charge is -2.15. The smallest absolute Gasteiger partial charge is 0.281 e. The van der Waals surface area contributed by atoms with Crippen molar-refractivity contribution in [3.63, 3.8) is 0 Å². The molecule has 0 N–H and O–H groups in total. The third-order valence-corrected chi connectivity index (χ3v) is 6.41. The third kappa shape index (κ3) is 6.53. The molecular formula is C23H25Cl2F2NO3. The molecule has 31 heavy (non-hydrogen) atoms. The van der Waals surface area contributed by atoms with Crippen LogP contribution in [0.5, 0.6) is 11.5 Å². The molecule has 1 saturated carbocycles. The zero-order chi connectivity index (χ0) is 22.6. The van der Waals surface area contributed by atoms with Crippen molar-refractivity contribution in [1.29, 1.82) is 0 Å². The molecule has 3 rings (SSSR count). The summed E-state index contributed by atoms with van der Waals surface area (Å²) in [6, 6.07) is 8.50. The molecule has 0 saturated heterocycles. The number of ketones is 1. The summed E-state index contributed by atoms with van der Waals surface area (Å²) in [5, 5.41) is 0.678. The van der Waals surface area contributed by atoms with Gasteiger partial charge in [-0.15, -0.1) is 0 Å². The number of rotatable bonds is 11. The Morgan fingerprint density at radius 2 is 2.03 bits per heavy atom. The monoisotopic (exact) mass is 471 g/mol. The van der Waals surface area contributed by atoms with Crippen molar-refractivity contribution in [2.24, 2.45) is 11.8 Å². The predicted molar refractivity (Wildman–Crippen MR) is 117 cm³/mol. The first kappa shape index (κ1) is 23.7. The lowest BCUT2D eigenvalue weighted by atomic mass is 9.98. The highest BCUT2D eigenvalue weighted by molar-refractivity contribution is 6.42. The summed E-state index contributed by atoms with van der Waals surface area (Å²) in [6.45, 7) is 2.77. The number of Topliss-reactive ketones (excluding diaryl/α,β-unsaturated/α-hetero) is 1. The van der Waals surface area contributed by atoms with Gasteiger partial charge in [-0.25, -0.2) is 8.78 Å². The van der Waals surface area contributed by atoms with Crippen molar-refractivity contribution < 1.29 is 23.0 Å². The molecule has 1 aliphatic rings. The van der Waals surface area contributed by atoms with Gasteiger partial charge in [0.25, 0.3) is 5.92 Å². The van der Waals surface area contributed by atoms with Gasteiger partial charge in [0.2, 0.25) is 0 Å². The number of aromatic nitrogens is 1. The molecule has 8 heteroatoms. The largest absolute Gasteiger partial charge is 0.486 e. The van der Waals surface area contributed by atoms with Gasteiger partial charge in [-0.05, 0) is 42.5 Å². The number of carbonyl (C=O) groups is 1. The molecule has 0 aliphatic heterocycles. The Hall–Kier alpha value is -1.92. The molecule has 0 spiro atoms. The molecule has 4 nitrogen and oxygen atoms in total. The fourth-order valence-electron chi connectivity index (χ4n) is 3.48. The summed E-state index contributed by atoms with van der Waals surface area (Å²) in [5.74, 6) is -1.34. The molecule has 0 radical (unpaired) electrons. The van der Waals surface area contributed by atoms with E-state index in [4.69, 9.17) is 32.7 Å². The number of halogens is 4. The summed E-state index contributed by atoms with van der Waals surface area (Å²) >= 11 is 12.0. The predicted octanol–water partition coefficient (Wildman–Crippen LogP) is 6.59. The number of nitrogens with zero attached hydrogens (tertiary/aromatic N) is 1. The van der Waals surface area contributed by atoms with E-state index < -0.39 is 12.5 Å². The van der Waals surface area contributed by atoms with Crippen LogP contribution in [0.1, 0.15) is 44.7 Å². The maximum Gasteiger partial charge on any atom is 0.281 e. The highest BCUT2D eigenvalue weighted by Gasteiger charge is 2.42. The van der Waals surface area contributed by atoms with Gasteiger partial charge in [-0.3, -0.25) is 9.78 Å². The van der Waals surface area contributed by atoms with Crippen LogP contribution in [0.4, 0.5) is 8.78 Å². The van der Waals surface area contributed by atoms with Gasteiger partial charge in [0, 0.05) is 24.5 Å². The van der Waals surface area contributed by atoms with Crippen LogP contribution in [-0.4, -0.2) is 29.9 Å².